The number of nitrogens with zero attached hydrogens (tertiary/aromatic N) is 4. The molecule has 2 atom stereocenters. The van der Waals surface area contributed by atoms with Gasteiger partial charge in [0, 0.05) is 17.3 Å². The van der Waals surface area contributed by atoms with Crippen molar-refractivity contribution in [2.24, 2.45) is 0 Å². The lowest BCUT2D eigenvalue weighted by Crippen LogP contribution is -2.61. The SMILES string of the molecule is CC(N(NC(=O)OC(C)(C)C)C(=S)Nc1ccc(C(F)(F)F)cc1)C(O)(Cn1cncn1)c1ccc(F)cc1F. The molecule has 1 amide bonds. The normalized spacial score (nSPS) is 14.2. The van der Waals surface area contributed by atoms with Gasteiger partial charge in [-0.15, -0.1) is 0 Å². The fourth-order valence-corrected chi connectivity index (χ4v) is 4.03. The summed E-state index contributed by atoms with van der Waals surface area (Å²) in [7, 11) is 0. The Hall–Kier alpha value is -3.85. The van der Waals surface area contributed by atoms with Crippen LogP contribution >= 0.6 is 12.2 Å². The molecule has 0 saturated carbocycles. The Balaban J connectivity index is 2.03. The van der Waals surface area contributed by atoms with Crippen molar-refractivity contribution in [3.63, 3.8) is 0 Å². The number of rotatable bonds is 6. The number of halogens is 5. The molecule has 15 heteroatoms. The molecule has 2 aromatic carbocycles. The van der Waals surface area contributed by atoms with E-state index in [1.54, 1.807) is 20.8 Å². The Bertz CT molecular complexity index is 1330. The van der Waals surface area contributed by atoms with E-state index < -0.39 is 53.3 Å². The summed E-state index contributed by atoms with van der Waals surface area (Å²) < 4.78 is 74.3. The molecule has 2 unspecified atom stereocenters. The maximum absolute atomic E-state index is 15.0. The zero-order valence-corrected chi connectivity index (χ0v) is 22.6. The number of aliphatic hydroxyl groups is 1. The highest BCUT2D eigenvalue weighted by Crippen LogP contribution is 2.33. The Labute approximate surface area is 231 Å². The van der Waals surface area contributed by atoms with Crippen LogP contribution in [-0.4, -0.2) is 47.7 Å². The molecule has 0 aliphatic carbocycles. The van der Waals surface area contributed by atoms with Crippen LogP contribution in [0.3, 0.4) is 0 Å². The van der Waals surface area contributed by atoms with E-state index in [1.165, 1.54) is 24.3 Å². The number of hydrogen-bond donors (Lipinski definition) is 3. The van der Waals surface area contributed by atoms with Crippen LogP contribution in [0, 0.1) is 11.6 Å². The van der Waals surface area contributed by atoms with Crippen molar-refractivity contribution in [2.75, 3.05) is 5.32 Å². The quantitative estimate of drug-likeness (QED) is 0.211. The Morgan fingerprint density at radius 3 is 2.33 bits per heavy atom. The summed E-state index contributed by atoms with van der Waals surface area (Å²) in [6.45, 7) is 5.78. The number of anilines is 1. The lowest BCUT2D eigenvalue weighted by atomic mass is 9.86. The maximum Gasteiger partial charge on any atom is 0.426 e. The number of thiocarbonyl (C=S) groups is 1. The van der Waals surface area contributed by atoms with Crippen molar-refractivity contribution in [1.29, 1.82) is 0 Å². The van der Waals surface area contributed by atoms with Crippen molar-refractivity contribution in [1.82, 2.24) is 25.2 Å². The van der Waals surface area contributed by atoms with Crippen molar-refractivity contribution >= 4 is 29.1 Å². The van der Waals surface area contributed by atoms with E-state index in [9.17, 15) is 27.5 Å². The third kappa shape index (κ3) is 7.63. The van der Waals surface area contributed by atoms with Crippen molar-refractivity contribution in [3.05, 3.63) is 77.9 Å². The molecule has 0 radical (unpaired) electrons. The second kappa shape index (κ2) is 11.7. The lowest BCUT2D eigenvalue weighted by Gasteiger charge is -2.42. The Kier molecular flexibility index (Phi) is 8.99. The summed E-state index contributed by atoms with van der Waals surface area (Å²) in [6, 6.07) is 5.14. The first-order valence-electron chi connectivity index (χ1n) is 11.8. The zero-order chi connectivity index (χ0) is 29.9. The first-order valence-corrected chi connectivity index (χ1v) is 12.2. The number of hydrogen-bond acceptors (Lipinski definition) is 6. The molecular formula is C25H27F5N6O3S. The van der Waals surface area contributed by atoms with Gasteiger partial charge in [-0.3, -0.25) is 5.01 Å². The average Bonchev–Trinajstić information content (AvgIpc) is 3.33. The van der Waals surface area contributed by atoms with Gasteiger partial charge in [0.25, 0.3) is 0 Å². The van der Waals surface area contributed by atoms with Gasteiger partial charge in [0.1, 0.15) is 35.5 Å². The van der Waals surface area contributed by atoms with Gasteiger partial charge in [-0.2, -0.15) is 18.3 Å². The Morgan fingerprint density at radius 2 is 1.80 bits per heavy atom. The van der Waals surface area contributed by atoms with Crippen LogP contribution in [0.25, 0.3) is 0 Å². The van der Waals surface area contributed by atoms with Gasteiger partial charge in [-0.25, -0.2) is 28.7 Å². The molecular weight excluding hydrogens is 559 g/mol. The molecule has 3 N–H and O–H groups in total. The van der Waals surface area contributed by atoms with Gasteiger partial charge in [-0.05, 0) is 70.2 Å². The van der Waals surface area contributed by atoms with Crippen LogP contribution in [-0.2, 0) is 23.1 Å². The van der Waals surface area contributed by atoms with Crippen LogP contribution in [0.1, 0.15) is 38.8 Å². The number of amides is 1. The molecule has 0 spiro atoms. The summed E-state index contributed by atoms with van der Waals surface area (Å²) in [4.78, 5) is 16.6. The molecule has 0 bridgehead atoms. The van der Waals surface area contributed by atoms with E-state index in [0.717, 1.165) is 41.4 Å². The summed E-state index contributed by atoms with van der Waals surface area (Å²) in [5.41, 5.74) is -1.92. The zero-order valence-electron chi connectivity index (χ0n) is 21.8. The van der Waals surface area contributed by atoms with Gasteiger partial charge >= 0.3 is 12.3 Å². The first kappa shape index (κ1) is 30.7. The minimum Gasteiger partial charge on any atom is -0.443 e. The highest BCUT2D eigenvalue weighted by atomic mass is 32.1. The molecule has 3 aromatic rings. The van der Waals surface area contributed by atoms with E-state index in [-0.39, 0.29) is 16.4 Å². The van der Waals surface area contributed by atoms with Crippen LogP contribution < -0.4 is 10.7 Å². The molecule has 9 nitrogen and oxygen atoms in total. The maximum atomic E-state index is 15.0. The first-order chi connectivity index (χ1) is 18.5. The minimum absolute atomic E-state index is 0.119. The summed E-state index contributed by atoms with van der Waals surface area (Å²) >= 11 is 5.44. The number of carbonyl (C=O) groups excluding carboxylic acids is 1. The number of ether oxygens (including phenoxy) is 1. The monoisotopic (exact) mass is 586 g/mol. The van der Waals surface area contributed by atoms with Crippen molar-refractivity contribution < 1.29 is 36.6 Å². The lowest BCUT2D eigenvalue weighted by molar-refractivity contribution is -0.137. The van der Waals surface area contributed by atoms with Crippen molar-refractivity contribution in [3.8, 4) is 0 Å². The molecule has 0 aliphatic heterocycles. The van der Waals surface area contributed by atoms with Gasteiger partial charge < -0.3 is 15.2 Å². The molecule has 0 fully saturated rings. The van der Waals surface area contributed by atoms with Gasteiger partial charge in [0.2, 0.25) is 0 Å². The summed E-state index contributed by atoms with van der Waals surface area (Å²) in [5.74, 6) is -1.98. The van der Waals surface area contributed by atoms with Crippen LogP contribution in [0.4, 0.5) is 32.4 Å². The minimum atomic E-state index is -4.56. The molecule has 0 saturated heterocycles. The fourth-order valence-electron chi connectivity index (χ4n) is 3.71. The highest BCUT2D eigenvalue weighted by Gasteiger charge is 2.44. The number of carbonyl (C=O) groups is 1. The number of alkyl halides is 3. The van der Waals surface area contributed by atoms with Crippen LogP contribution in [0.15, 0.2) is 55.1 Å². The van der Waals surface area contributed by atoms with E-state index in [0.29, 0.717) is 6.07 Å². The molecule has 3 rings (SSSR count). The fraction of sp³-hybridized carbons (Fsp3) is 0.360. The number of benzene rings is 2. The number of aromatic nitrogens is 3. The van der Waals surface area contributed by atoms with Gasteiger partial charge in [0.05, 0.1) is 18.2 Å². The predicted molar refractivity (Wildman–Crippen MR) is 139 cm³/mol. The summed E-state index contributed by atoms with van der Waals surface area (Å²) in [5, 5.41) is 19.3. The third-order valence-corrected chi connectivity index (χ3v) is 5.94. The molecule has 1 heterocycles. The van der Waals surface area contributed by atoms with Crippen molar-refractivity contribution in [2.45, 2.75) is 57.7 Å². The van der Waals surface area contributed by atoms with Gasteiger partial charge in [-0.1, -0.05) is 6.07 Å². The van der Waals surface area contributed by atoms with E-state index >= 15 is 4.39 Å². The van der Waals surface area contributed by atoms with Gasteiger partial charge in [0.15, 0.2) is 5.11 Å². The van der Waals surface area contributed by atoms with Crippen LogP contribution in [0.2, 0.25) is 0 Å². The highest BCUT2D eigenvalue weighted by molar-refractivity contribution is 7.80. The average molecular weight is 587 g/mol. The second-order valence-electron chi connectivity index (χ2n) is 9.81. The molecule has 40 heavy (non-hydrogen) atoms. The standard InChI is InChI=1S/C25H27F5N6O3S/c1-15(24(38,12-35-14-31-13-32-35)19-10-7-17(26)11-20(19)27)36(34-22(37)39-23(2,3)4)21(40)33-18-8-5-16(6-9-18)25(28,29)30/h5-11,13-15,38H,12H2,1-4H3,(H,33,40)(H,34,37). The van der Waals surface area contributed by atoms with E-state index in [1.807, 2.05) is 0 Å². The molecule has 216 valence electrons. The molecule has 0 aliphatic rings. The largest absolute Gasteiger partial charge is 0.443 e. The smallest absolute Gasteiger partial charge is 0.426 e. The Morgan fingerprint density at radius 1 is 1.15 bits per heavy atom. The summed E-state index contributed by atoms with van der Waals surface area (Å²) in [6.07, 6.45) is -3.13. The van der Waals surface area contributed by atoms with E-state index in [4.69, 9.17) is 17.0 Å². The van der Waals surface area contributed by atoms with Crippen LogP contribution in [0.5, 0.6) is 0 Å². The predicted octanol–water partition coefficient (Wildman–Crippen LogP) is 4.99. The van der Waals surface area contributed by atoms with E-state index in [2.05, 4.69) is 20.8 Å². The third-order valence-electron chi connectivity index (χ3n) is 5.64. The number of hydrazine groups is 1. The number of nitrogens with one attached hydrogen (secondary N) is 2. The topological polar surface area (TPSA) is 105 Å². The molecule has 1 aromatic heterocycles. The second-order valence-corrected chi connectivity index (χ2v) is 10.2.